The highest BCUT2D eigenvalue weighted by molar-refractivity contribution is 7.99. The molecule has 1 fully saturated rings. The van der Waals surface area contributed by atoms with Crippen molar-refractivity contribution >= 4 is 86.8 Å². The monoisotopic (exact) mass is 686 g/mol. The van der Waals surface area contributed by atoms with Crippen LogP contribution < -0.4 is 16.0 Å². The lowest BCUT2D eigenvalue weighted by molar-refractivity contribution is 0.0927. The fourth-order valence-electron chi connectivity index (χ4n) is 4.91. The zero-order valence-electron chi connectivity index (χ0n) is 24.8. The molecule has 9 nitrogen and oxygen atoms in total. The number of halogens is 3. The van der Waals surface area contributed by atoms with Crippen LogP contribution in [0.3, 0.4) is 0 Å². The first-order valence-electron chi connectivity index (χ1n) is 14.7. The number of ether oxygens (including phenoxy) is 1. The molecular weight excluding hydrogens is 655 g/mol. The maximum atomic E-state index is 13.3. The summed E-state index contributed by atoms with van der Waals surface area (Å²) in [6.07, 6.45) is 6.22. The zero-order valence-corrected chi connectivity index (χ0v) is 27.9. The lowest BCUT2D eigenvalue weighted by Crippen LogP contribution is -2.36. The molecule has 2 aromatic carbocycles. The molecule has 0 radical (unpaired) electrons. The number of fused-ring (bicyclic) bond motifs is 1. The summed E-state index contributed by atoms with van der Waals surface area (Å²) in [5, 5.41) is 10.0. The molecule has 45 heavy (non-hydrogen) atoms. The minimum Gasteiger partial charge on any atom is -0.445 e. The minimum atomic E-state index is -1.69. The van der Waals surface area contributed by atoms with Crippen molar-refractivity contribution in [3.8, 4) is 0 Å². The summed E-state index contributed by atoms with van der Waals surface area (Å²) in [5.74, 6) is 0.744. The lowest BCUT2D eigenvalue weighted by atomic mass is 9.95. The minimum absolute atomic E-state index is 0.102. The second-order valence-electron chi connectivity index (χ2n) is 11.1. The van der Waals surface area contributed by atoms with Crippen LogP contribution in [0.25, 0.3) is 11.0 Å². The second kappa shape index (κ2) is 14.9. The number of hydrogen-bond donors (Lipinski definition) is 3. The van der Waals surface area contributed by atoms with Gasteiger partial charge in [-0.2, -0.15) is 0 Å². The highest BCUT2D eigenvalue weighted by Crippen LogP contribution is 2.37. The van der Waals surface area contributed by atoms with E-state index < -0.39 is 9.89 Å². The molecule has 2 amide bonds. The van der Waals surface area contributed by atoms with Crippen LogP contribution in [0.2, 0.25) is 0 Å². The van der Waals surface area contributed by atoms with Gasteiger partial charge in [-0.3, -0.25) is 10.1 Å². The van der Waals surface area contributed by atoms with E-state index in [2.05, 4.69) is 39.8 Å². The van der Waals surface area contributed by atoms with Crippen molar-refractivity contribution in [2.24, 2.45) is 0 Å². The van der Waals surface area contributed by atoms with E-state index in [1.165, 1.54) is 24.5 Å². The predicted octanol–water partition coefficient (Wildman–Crippen LogP) is 9.02. The van der Waals surface area contributed by atoms with Gasteiger partial charge in [-0.15, -0.1) is 0 Å². The summed E-state index contributed by atoms with van der Waals surface area (Å²) in [5.41, 5.74) is 3.32. The van der Waals surface area contributed by atoms with Gasteiger partial charge in [0, 0.05) is 32.8 Å². The Kier molecular flexibility index (Phi) is 10.9. The van der Waals surface area contributed by atoms with E-state index >= 15 is 0 Å². The molecule has 0 spiro atoms. The van der Waals surface area contributed by atoms with Crippen molar-refractivity contribution in [3.05, 3.63) is 72.2 Å². The van der Waals surface area contributed by atoms with Gasteiger partial charge in [0.05, 0.1) is 11.1 Å². The van der Waals surface area contributed by atoms with Crippen molar-refractivity contribution in [2.45, 2.75) is 71.5 Å². The molecule has 2 aromatic heterocycles. The van der Waals surface area contributed by atoms with E-state index in [0.717, 1.165) is 46.6 Å². The van der Waals surface area contributed by atoms with E-state index in [1.807, 2.05) is 42.5 Å². The molecule has 0 unspecified atom stereocenters. The van der Waals surface area contributed by atoms with Gasteiger partial charge in [0.25, 0.3) is 5.91 Å². The summed E-state index contributed by atoms with van der Waals surface area (Å²) in [6.45, 7) is 3.80. The number of aromatic nitrogens is 3. The van der Waals surface area contributed by atoms with E-state index in [4.69, 9.17) is 44.5 Å². The predicted molar refractivity (Wildman–Crippen MR) is 181 cm³/mol. The molecule has 3 N–H and O–H groups in total. The summed E-state index contributed by atoms with van der Waals surface area (Å²) >= 11 is 18.4. The smallest absolute Gasteiger partial charge is 0.411 e. The topological polar surface area (TPSA) is 118 Å². The maximum absolute atomic E-state index is 13.3. The normalized spacial score (nSPS) is 13.9. The number of rotatable bonds is 9. The quantitative estimate of drug-likeness (QED) is 0.149. The van der Waals surface area contributed by atoms with Crippen molar-refractivity contribution < 1.29 is 14.3 Å². The van der Waals surface area contributed by atoms with Crippen molar-refractivity contribution in [3.63, 3.8) is 0 Å². The van der Waals surface area contributed by atoms with Gasteiger partial charge >= 0.3 is 6.09 Å². The van der Waals surface area contributed by atoms with Gasteiger partial charge in [0.2, 0.25) is 3.79 Å². The lowest BCUT2D eigenvalue weighted by Gasteiger charge is -2.23. The molecule has 0 aliphatic heterocycles. The first-order chi connectivity index (χ1) is 21.5. The Balaban J connectivity index is 1.39. The van der Waals surface area contributed by atoms with E-state index in [0.29, 0.717) is 28.4 Å². The number of benzene rings is 2. The summed E-state index contributed by atoms with van der Waals surface area (Å²) in [4.78, 5) is 40.7. The van der Waals surface area contributed by atoms with Crippen molar-refractivity contribution in [2.75, 3.05) is 17.2 Å². The van der Waals surface area contributed by atoms with Gasteiger partial charge in [0.1, 0.15) is 18.8 Å². The van der Waals surface area contributed by atoms with Crippen LogP contribution in [0.5, 0.6) is 0 Å². The van der Waals surface area contributed by atoms with Gasteiger partial charge in [-0.25, -0.2) is 19.7 Å². The van der Waals surface area contributed by atoms with E-state index in [-0.39, 0.29) is 24.5 Å². The number of nitrogens with one attached hydrogen (secondary N) is 3. The third-order valence-corrected chi connectivity index (χ3v) is 8.65. The van der Waals surface area contributed by atoms with Crippen LogP contribution in [0.4, 0.5) is 22.0 Å². The Labute approximate surface area is 281 Å². The molecule has 0 bridgehead atoms. The Bertz CT molecular complexity index is 1660. The van der Waals surface area contributed by atoms with E-state index in [9.17, 15) is 9.59 Å². The Hall–Kier alpha value is -3.31. The molecule has 4 aromatic rings. The average molecular weight is 688 g/mol. The van der Waals surface area contributed by atoms with E-state index in [1.54, 1.807) is 12.1 Å². The fraction of sp³-hybridized carbons (Fsp3) is 0.344. The second-order valence-corrected chi connectivity index (χ2v) is 14.7. The number of carbonyl (C=O) groups excluding carboxylic acids is 2. The Morgan fingerprint density at radius 3 is 2.47 bits per heavy atom. The molecule has 5 rings (SSSR count). The van der Waals surface area contributed by atoms with Crippen LogP contribution in [-0.4, -0.2) is 43.4 Å². The van der Waals surface area contributed by atoms with Crippen LogP contribution >= 0.6 is 46.6 Å². The summed E-state index contributed by atoms with van der Waals surface area (Å²) in [6, 6.07) is 16.9. The van der Waals surface area contributed by atoms with Crippen molar-refractivity contribution in [1.29, 1.82) is 0 Å². The molecule has 236 valence electrons. The molecule has 13 heteroatoms. The number of carbonyl (C=O) groups is 2. The van der Waals surface area contributed by atoms with Crippen LogP contribution in [-0.2, 0) is 4.74 Å². The molecule has 0 atom stereocenters. The largest absolute Gasteiger partial charge is 0.445 e. The molecule has 1 saturated carbocycles. The maximum Gasteiger partial charge on any atom is 0.411 e. The number of amides is 2. The average Bonchev–Trinajstić information content (AvgIpc) is 3.02. The number of nitrogens with zero attached hydrogens (tertiary/aromatic N) is 3. The molecule has 1 aliphatic rings. The standard InChI is InChI=1S/C32H33Cl3N6O3S/c1-19(2)25-14-13-24-28(40-25)36-18-37-29(24)41-26-16-20(30(42)38-21-6-4-3-5-7-21)8-15-27(26)45-23-11-9-22(10-12-23)39-31(43)44-17-32(33,34)35/h8-16,18-19,21H,3-7,17H2,1-2H3,(H,38,42)(H,39,43)(H,36,37,40,41). The third-order valence-electron chi connectivity index (χ3n) is 7.24. The van der Waals surface area contributed by atoms with Crippen molar-refractivity contribution in [1.82, 2.24) is 20.3 Å². The van der Waals surface area contributed by atoms with Gasteiger partial charge in [0.15, 0.2) is 5.65 Å². The number of hydrogen-bond acceptors (Lipinski definition) is 8. The Morgan fingerprint density at radius 2 is 1.76 bits per heavy atom. The molecular formula is C32H33Cl3N6O3S. The third kappa shape index (κ3) is 9.36. The highest BCUT2D eigenvalue weighted by Gasteiger charge is 2.22. The van der Waals surface area contributed by atoms with Gasteiger partial charge in [-0.1, -0.05) is 79.7 Å². The fourth-order valence-corrected chi connectivity index (χ4v) is 5.96. The van der Waals surface area contributed by atoms with Crippen LogP contribution in [0.15, 0.2) is 70.7 Å². The highest BCUT2D eigenvalue weighted by atomic mass is 35.6. The van der Waals surface area contributed by atoms with Crippen LogP contribution in [0.1, 0.15) is 67.9 Å². The number of anilines is 3. The number of alkyl halides is 3. The SMILES string of the molecule is CC(C)c1ccc2c(Nc3cc(C(=O)NC4CCCCC4)ccc3Sc3ccc(NC(=O)OCC(Cl)(Cl)Cl)cc3)ncnc2n1. The first-order valence-corrected chi connectivity index (χ1v) is 16.6. The summed E-state index contributed by atoms with van der Waals surface area (Å²) in [7, 11) is 0. The number of pyridine rings is 1. The van der Waals surface area contributed by atoms with Gasteiger partial charge < -0.3 is 15.4 Å². The Morgan fingerprint density at radius 1 is 1.00 bits per heavy atom. The van der Waals surface area contributed by atoms with Gasteiger partial charge in [-0.05, 0) is 73.4 Å². The molecule has 2 heterocycles. The molecule has 1 aliphatic carbocycles. The first kappa shape index (κ1) is 33.1. The molecule has 0 saturated heterocycles. The van der Waals surface area contributed by atoms with Crippen LogP contribution in [0, 0.1) is 0 Å². The summed E-state index contributed by atoms with van der Waals surface area (Å²) < 4.78 is 3.24. The zero-order chi connectivity index (χ0) is 32.0.